The molecular weight excluding hydrogens is 312 g/mol. The molecule has 0 aliphatic carbocycles. The van der Waals surface area contributed by atoms with E-state index in [1.807, 2.05) is 10.3 Å². The summed E-state index contributed by atoms with van der Waals surface area (Å²) in [4.78, 5) is 21.5. The number of nitrogens with zero attached hydrogens (tertiary/aromatic N) is 3. The van der Waals surface area contributed by atoms with Crippen molar-refractivity contribution in [3.8, 4) is 0 Å². The van der Waals surface area contributed by atoms with E-state index in [0.29, 0.717) is 6.04 Å². The van der Waals surface area contributed by atoms with Crippen LogP contribution in [0.1, 0.15) is 37.2 Å². The number of carbonyl (C=O) groups excluding carboxylic acids is 1. The van der Waals surface area contributed by atoms with E-state index in [1.165, 1.54) is 0 Å². The maximum Gasteiger partial charge on any atom is 0.318 e. The first-order valence-electron chi connectivity index (χ1n) is 8.54. The molecule has 0 radical (unpaired) electrons. The number of aromatic nitrogens is 1. The minimum atomic E-state index is 0.0205. The van der Waals surface area contributed by atoms with Crippen LogP contribution in [-0.2, 0) is 4.74 Å². The van der Waals surface area contributed by atoms with Crippen LogP contribution in [0.4, 0.5) is 4.79 Å². The van der Waals surface area contributed by atoms with Gasteiger partial charge in [-0.2, -0.15) is 0 Å². The second kappa shape index (κ2) is 8.08. The van der Waals surface area contributed by atoms with Gasteiger partial charge in [-0.15, -0.1) is 11.3 Å². The molecule has 3 heterocycles. The van der Waals surface area contributed by atoms with Gasteiger partial charge in [0.15, 0.2) is 0 Å². The predicted molar refractivity (Wildman–Crippen MR) is 90.7 cm³/mol. The molecule has 1 aromatic rings. The third-order valence-corrected chi connectivity index (χ3v) is 5.56. The van der Waals surface area contributed by atoms with Gasteiger partial charge in [-0.25, -0.2) is 9.78 Å². The van der Waals surface area contributed by atoms with Gasteiger partial charge in [-0.3, -0.25) is 4.90 Å². The number of carbonyl (C=O) groups is 1. The predicted octanol–water partition coefficient (Wildman–Crippen LogP) is 2.10. The number of amides is 2. The quantitative estimate of drug-likeness (QED) is 0.893. The molecule has 1 N–H and O–H groups in total. The minimum Gasteiger partial charge on any atom is -0.379 e. The van der Waals surface area contributed by atoms with E-state index in [1.54, 1.807) is 17.5 Å². The van der Waals surface area contributed by atoms with Crippen molar-refractivity contribution in [2.24, 2.45) is 0 Å². The van der Waals surface area contributed by atoms with Gasteiger partial charge in [0.05, 0.1) is 19.3 Å². The molecular formula is C16H26N4O2S. The molecule has 0 saturated carbocycles. The monoisotopic (exact) mass is 338 g/mol. The van der Waals surface area contributed by atoms with Gasteiger partial charge in [0, 0.05) is 43.8 Å². The fourth-order valence-electron chi connectivity index (χ4n) is 3.35. The highest BCUT2D eigenvalue weighted by atomic mass is 32.1. The molecule has 2 aliphatic rings. The Balaban J connectivity index is 1.56. The van der Waals surface area contributed by atoms with Crippen LogP contribution in [0, 0.1) is 0 Å². The number of rotatable bonds is 5. The average molecular weight is 338 g/mol. The van der Waals surface area contributed by atoms with Crippen LogP contribution in [0.3, 0.4) is 0 Å². The van der Waals surface area contributed by atoms with E-state index in [9.17, 15) is 4.79 Å². The summed E-state index contributed by atoms with van der Waals surface area (Å²) < 4.78 is 5.41. The lowest BCUT2D eigenvalue weighted by Crippen LogP contribution is -2.49. The third kappa shape index (κ3) is 4.22. The van der Waals surface area contributed by atoms with E-state index in [2.05, 4.69) is 22.1 Å². The molecule has 6 nitrogen and oxygen atoms in total. The first-order chi connectivity index (χ1) is 11.3. The van der Waals surface area contributed by atoms with Crippen molar-refractivity contribution in [2.75, 3.05) is 39.4 Å². The van der Waals surface area contributed by atoms with Crippen molar-refractivity contribution in [2.45, 2.75) is 38.3 Å². The molecule has 0 aromatic carbocycles. The van der Waals surface area contributed by atoms with Crippen LogP contribution < -0.4 is 5.32 Å². The summed E-state index contributed by atoms with van der Waals surface area (Å²) in [7, 11) is 0. The molecule has 23 heavy (non-hydrogen) atoms. The lowest BCUT2D eigenvalue weighted by atomic mass is 10.2. The molecule has 2 atom stereocenters. The van der Waals surface area contributed by atoms with Crippen molar-refractivity contribution in [3.63, 3.8) is 0 Å². The first-order valence-corrected chi connectivity index (χ1v) is 9.42. The molecule has 2 amide bonds. The van der Waals surface area contributed by atoms with Gasteiger partial charge >= 0.3 is 6.03 Å². The highest BCUT2D eigenvalue weighted by Crippen LogP contribution is 2.22. The van der Waals surface area contributed by atoms with E-state index < -0.39 is 0 Å². The van der Waals surface area contributed by atoms with E-state index in [-0.39, 0.29) is 12.1 Å². The van der Waals surface area contributed by atoms with Crippen molar-refractivity contribution in [1.82, 2.24) is 20.1 Å². The summed E-state index contributed by atoms with van der Waals surface area (Å²) in [5.74, 6) is 0. The zero-order chi connectivity index (χ0) is 16.1. The van der Waals surface area contributed by atoms with Gasteiger partial charge in [0.1, 0.15) is 5.01 Å². The van der Waals surface area contributed by atoms with Crippen LogP contribution in [0.15, 0.2) is 11.6 Å². The molecule has 2 fully saturated rings. The van der Waals surface area contributed by atoms with Crippen molar-refractivity contribution >= 4 is 17.4 Å². The number of urea groups is 1. The zero-order valence-electron chi connectivity index (χ0n) is 13.7. The van der Waals surface area contributed by atoms with Crippen LogP contribution in [0.25, 0.3) is 0 Å². The number of likely N-dealkylation sites (tertiary alicyclic amines) is 1. The molecule has 0 spiro atoms. The lowest BCUT2D eigenvalue weighted by Gasteiger charge is -2.33. The second-order valence-electron chi connectivity index (χ2n) is 6.18. The van der Waals surface area contributed by atoms with Gasteiger partial charge in [-0.1, -0.05) is 6.92 Å². The number of hydrogen-bond donors (Lipinski definition) is 1. The first kappa shape index (κ1) is 16.7. The Morgan fingerprint density at radius 1 is 1.48 bits per heavy atom. The Morgan fingerprint density at radius 3 is 3.00 bits per heavy atom. The number of morpholine rings is 1. The topological polar surface area (TPSA) is 57.7 Å². The number of hydrogen-bond acceptors (Lipinski definition) is 5. The van der Waals surface area contributed by atoms with Gasteiger partial charge in [0.25, 0.3) is 0 Å². The molecule has 0 bridgehead atoms. The maximum absolute atomic E-state index is 12.7. The summed E-state index contributed by atoms with van der Waals surface area (Å²) in [5.41, 5.74) is 0. The fraction of sp³-hybridized carbons (Fsp3) is 0.750. The molecule has 1 aromatic heterocycles. The van der Waals surface area contributed by atoms with Gasteiger partial charge < -0.3 is 15.0 Å². The largest absolute Gasteiger partial charge is 0.379 e. The molecule has 0 unspecified atom stereocenters. The zero-order valence-corrected chi connectivity index (χ0v) is 14.6. The standard InChI is InChI=1S/C16H26N4O2S/c1-2-14(15-17-5-11-23-15)18-16(21)20-6-3-4-13(20)12-19-7-9-22-10-8-19/h5,11,13-14H,2-4,6-10,12H2,1H3,(H,18,21)/t13-,14-/m1/s1. The molecule has 2 aliphatic heterocycles. The minimum absolute atomic E-state index is 0.0205. The van der Waals surface area contributed by atoms with E-state index in [0.717, 1.165) is 63.7 Å². The molecule has 128 valence electrons. The summed E-state index contributed by atoms with van der Waals surface area (Å²) in [5, 5.41) is 6.12. The van der Waals surface area contributed by atoms with Crippen LogP contribution in [0.5, 0.6) is 0 Å². The van der Waals surface area contributed by atoms with Crippen LogP contribution >= 0.6 is 11.3 Å². The maximum atomic E-state index is 12.7. The number of thiazole rings is 1. The Bertz CT molecular complexity index is 490. The summed E-state index contributed by atoms with van der Waals surface area (Å²) in [6.45, 7) is 7.47. The highest BCUT2D eigenvalue weighted by Gasteiger charge is 2.31. The number of ether oxygens (including phenoxy) is 1. The average Bonchev–Trinajstić information content (AvgIpc) is 3.25. The van der Waals surface area contributed by atoms with E-state index >= 15 is 0 Å². The van der Waals surface area contributed by atoms with Crippen molar-refractivity contribution in [1.29, 1.82) is 0 Å². The Kier molecular flexibility index (Phi) is 5.85. The summed E-state index contributed by atoms with van der Waals surface area (Å²) >= 11 is 1.60. The molecule has 3 rings (SSSR count). The normalized spacial score (nSPS) is 23.9. The van der Waals surface area contributed by atoms with Crippen LogP contribution in [0.2, 0.25) is 0 Å². The summed E-state index contributed by atoms with van der Waals surface area (Å²) in [6.07, 6.45) is 4.85. The van der Waals surface area contributed by atoms with Crippen LogP contribution in [-0.4, -0.2) is 66.2 Å². The van der Waals surface area contributed by atoms with E-state index in [4.69, 9.17) is 4.74 Å². The third-order valence-electron chi connectivity index (χ3n) is 4.67. The summed E-state index contributed by atoms with van der Waals surface area (Å²) in [6, 6.07) is 0.400. The smallest absolute Gasteiger partial charge is 0.318 e. The highest BCUT2D eigenvalue weighted by molar-refractivity contribution is 7.09. The molecule has 7 heteroatoms. The Hall–Kier alpha value is -1.18. The molecule has 2 saturated heterocycles. The van der Waals surface area contributed by atoms with Gasteiger partial charge in [-0.05, 0) is 19.3 Å². The van der Waals surface area contributed by atoms with Crippen molar-refractivity contribution in [3.05, 3.63) is 16.6 Å². The SMILES string of the molecule is CC[C@@H](NC(=O)N1CCC[C@@H]1CN1CCOCC1)c1nccs1. The van der Waals surface area contributed by atoms with Crippen molar-refractivity contribution < 1.29 is 9.53 Å². The lowest BCUT2D eigenvalue weighted by molar-refractivity contribution is 0.0291. The van der Waals surface area contributed by atoms with Gasteiger partial charge in [0.2, 0.25) is 0 Å². The second-order valence-corrected chi connectivity index (χ2v) is 7.11. The Labute approximate surface area is 141 Å². The number of nitrogens with one attached hydrogen (secondary N) is 1. The fourth-order valence-corrected chi connectivity index (χ4v) is 4.12. The Morgan fingerprint density at radius 2 is 2.30 bits per heavy atom.